The van der Waals surface area contributed by atoms with Crippen molar-refractivity contribution in [1.29, 1.82) is 5.41 Å². The zero-order valence-corrected chi connectivity index (χ0v) is 21.8. The zero-order valence-electron chi connectivity index (χ0n) is 21.8. The largest absolute Gasteiger partial charge is 0.454 e. The van der Waals surface area contributed by atoms with E-state index >= 15 is 0 Å². The van der Waals surface area contributed by atoms with Crippen molar-refractivity contribution in [2.75, 3.05) is 18.0 Å². The van der Waals surface area contributed by atoms with Crippen LogP contribution in [0.15, 0.2) is 63.1 Å². The molecule has 1 fully saturated rings. The third kappa shape index (κ3) is 4.22. The van der Waals surface area contributed by atoms with Crippen molar-refractivity contribution in [3.05, 3.63) is 74.9 Å². The molecule has 0 radical (unpaired) electrons. The van der Waals surface area contributed by atoms with Gasteiger partial charge in [-0.2, -0.15) is 4.98 Å². The van der Waals surface area contributed by atoms with E-state index in [9.17, 15) is 9.59 Å². The lowest BCUT2D eigenvalue weighted by Gasteiger charge is -2.28. The fraction of sp³-hybridized carbons (Fsp3) is 0.276. The molecule has 4 heterocycles. The molecule has 6 rings (SSSR count). The van der Waals surface area contributed by atoms with Crippen LogP contribution in [0.5, 0.6) is 11.5 Å². The Balaban J connectivity index is 1.55. The number of piperidine rings is 1. The van der Waals surface area contributed by atoms with E-state index in [0.29, 0.717) is 64.4 Å². The number of benzene rings is 2. The summed E-state index contributed by atoms with van der Waals surface area (Å²) in [5.41, 5.74) is 2.12. The highest BCUT2D eigenvalue weighted by atomic mass is 16.5. The Hall–Kier alpha value is -4.91. The molecule has 0 bridgehead atoms. The van der Waals surface area contributed by atoms with Gasteiger partial charge in [0.05, 0.1) is 25.3 Å². The van der Waals surface area contributed by atoms with Crippen molar-refractivity contribution < 1.29 is 4.74 Å². The second-order valence-electron chi connectivity index (χ2n) is 9.58. The summed E-state index contributed by atoms with van der Waals surface area (Å²) in [6.07, 6.45) is 1.57. The first-order valence-corrected chi connectivity index (χ1v) is 12.8. The van der Waals surface area contributed by atoms with Crippen molar-refractivity contribution in [3.63, 3.8) is 0 Å². The number of hydrogen-bond donors (Lipinski definition) is 1. The number of nitrogens with zero attached hydrogens (tertiary/aromatic N) is 6. The van der Waals surface area contributed by atoms with E-state index < -0.39 is 11.2 Å². The molecule has 0 atom stereocenters. The average molecular weight is 522 g/mol. The van der Waals surface area contributed by atoms with E-state index in [1.165, 1.54) is 9.13 Å². The second kappa shape index (κ2) is 9.76. The Morgan fingerprint density at radius 3 is 2.62 bits per heavy atom. The topological polar surface area (TPSA) is 110 Å². The molecule has 2 aromatic carbocycles. The molecule has 0 unspecified atom stereocenters. The third-order valence-electron chi connectivity index (χ3n) is 7.04. The lowest BCUT2D eigenvalue weighted by molar-refractivity contribution is 0.484. The zero-order chi connectivity index (χ0) is 27.1. The molecule has 1 saturated heterocycles. The van der Waals surface area contributed by atoms with Gasteiger partial charge in [0.1, 0.15) is 11.4 Å². The van der Waals surface area contributed by atoms with Gasteiger partial charge in [-0.25, -0.2) is 9.79 Å². The summed E-state index contributed by atoms with van der Waals surface area (Å²) >= 11 is 0. The number of imidazole rings is 1. The van der Waals surface area contributed by atoms with Gasteiger partial charge in [0.2, 0.25) is 5.95 Å². The summed E-state index contributed by atoms with van der Waals surface area (Å²) in [4.78, 5) is 39.2. The molecule has 2 aromatic heterocycles. The van der Waals surface area contributed by atoms with Crippen LogP contribution >= 0.6 is 0 Å². The van der Waals surface area contributed by atoms with Crippen LogP contribution in [0.2, 0.25) is 0 Å². The fourth-order valence-corrected chi connectivity index (χ4v) is 5.12. The molecule has 0 spiro atoms. The maximum atomic E-state index is 14.1. The Kier molecular flexibility index (Phi) is 6.11. The van der Waals surface area contributed by atoms with Gasteiger partial charge in [0, 0.05) is 24.9 Å². The lowest BCUT2D eigenvalue weighted by Crippen LogP contribution is -2.41. The molecule has 10 nitrogen and oxygen atoms in total. The molecule has 39 heavy (non-hydrogen) atoms. The number of fused-ring (bicyclic) bond motifs is 3. The number of nitrogens with one attached hydrogen (secondary N) is 1. The number of ether oxygens (including phenoxy) is 1. The van der Waals surface area contributed by atoms with Crippen LogP contribution in [0.3, 0.4) is 0 Å². The molecular weight excluding hydrogens is 494 g/mol. The van der Waals surface area contributed by atoms with Crippen LogP contribution < -0.4 is 20.9 Å². The molecule has 10 heteroatoms. The molecule has 4 aromatic rings. The van der Waals surface area contributed by atoms with Gasteiger partial charge in [0.25, 0.3) is 5.56 Å². The molecule has 196 valence electrons. The molecule has 0 aliphatic carbocycles. The van der Waals surface area contributed by atoms with Crippen molar-refractivity contribution in [2.24, 2.45) is 12.0 Å². The fourth-order valence-electron chi connectivity index (χ4n) is 5.12. The minimum Gasteiger partial charge on any atom is -0.454 e. The van der Waals surface area contributed by atoms with Crippen LogP contribution in [0, 0.1) is 17.3 Å². The van der Waals surface area contributed by atoms with Crippen LogP contribution in [0.4, 0.5) is 11.6 Å². The lowest BCUT2D eigenvalue weighted by atomic mass is 10.1. The van der Waals surface area contributed by atoms with Crippen LogP contribution in [-0.2, 0) is 20.1 Å². The summed E-state index contributed by atoms with van der Waals surface area (Å²) in [7, 11) is 1.62. The standard InChI is InChI=1S/C29H27N7O3/c1-3-4-16-35-25-26(32-28(35)34-15-9-10-19(30)17-34)33(2)29(38)36(27(25)37)18-22-20-11-5-7-13-23(20)39-24-14-8-6-12-21(24)31-22/h5-8,11-14,30H,9-10,15-18H2,1-2H3. The van der Waals surface area contributed by atoms with E-state index in [1.54, 1.807) is 18.5 Å². The van der Waals surface area contributed by atoms with Crippen LogP contribution in [0.1, 0.15) is 25.3 Å². The summed E-state index contributed by atoms with van der Waals surface area (Å²) in [5.74, 6) is 7.68. The van der Waals surface area contributed by atoms with Gasteiger partial charge >= 0.3 is 5.69 Å². The highest BCUT2D eigenvalue weighted by molar-refractivity contribution is 6.05. The number of anilines is 1. The summed E-state index contributed by atoms with van der Waals surface area (Å²) in [5, 5.41) is 8.19. The summed E-state index contributed by atoms with van der Waals surface area (Å²) < 4.78 is 10.5. The summed E-state index contributed by atoms with van der Waals surface area (Å²) in [6, 6.07) is 14.9. The Morgan fingerprint density at radius 2 is 1.82 bits per heavy atom. The first-order valence-electron chi connectivity index (χ1n) is 12.8. The number of para-hydroxylation sites is 3. The second-order valence-corrected chi connectivity index (χ2v) is 9.58. The van der Waals surface area contributed by atoms with Crippen LogP contribution in [-0.4, -0.2) is 43.2 Å². The first-order chi connectivity index (χ1) is 19.0. The van der Waals surface area contributed by atoms with Gasteiger partial charge < -0.3 is 15.0 Å². The van der Waals surface area contributed by atoms with Crippen molar-refractivity contribution >= 4 is 34.2 Å². The maximum Gasteiger partial charge on any atom is 0.332 e. The third-order valence-corrected chi connectivity index (χ3v) is 7.04. The Bertz CT molecular complexity index is 1850. The quantitative estimate of drug-likeness (QED) is 0.414. The number of aliphatic imine (C=N–C) groups is 1. The number of hydrogen-bond acceptors (Lipinski definition) is 7. The number of rotatable bonds is 4. The normalized spacial score (nSPS) is 14.6. The van der Waals surface area contributed by atoms with E-state index in [2.05, 4.69) is 11.8 Å². The van der Waals surface area contributed by atoms with Gasteiger partial charge in [-0.1, -0.05) is 30.2 Å². The predicted molar refractivity (Wildman–Crippen MR) is 151 cm³/mol. The molecule has 1 N–H and O–H groups in total. The maximum absolute atomic E-state index is 14.1. The summed E-state index contributed by atoms with van der Waals surface area (Å²) in [6.45, 7) is 3.07. The molecule has 2 aliphatic rings. The molecular formula is C29H27N7O3. The van der Waals surface area contributed by atoms with E-state index in [4.69, 9.17) is 20.1 Å². The molecule has 0 saturated carbocycles. The highest BCUT2D eigenvalue weighted by Crippen LogP contribution is 2.37. The van der Waals surface area contributed by atoms with Gasteiger partial charge in [-0.3, -0.25) is 18.5 Å². The van der Waals surface area contributed by atoms with E-state index in [1.807, 2.05) is 53.4 Å². The number of aromatic nitrogens is 4. The predicted octanol–water partition coefficient (Wildman–Crippen LogP) is 3.47. The minimum atomic E-state index is -0.490. The number of aryl methyl sites for hydroxylation is 1. The smallest absolute Gasteiger partial charge is 0.332 e. The van der Waals surface area contributed by atoms with Gasteiger partial charge in [-0.05, 0) is 44.0 Å². The monoisotopic (exact) mass is 521 g/mol. The van der Waals surface area contributed by atoms with E-state index in [0.717, 1.165) is 12.8 Å². The Labute approximate surface area is 224 Å². The first kappa shape index (κ1) is 24.4. The SMILES string of the molecule is CC#CCn1c(N2CCCC(=N)C2)nc2c1c(=O)n(CC1=Nc3ccccc3Oc3ccccc31)c(=O)n2C. The van der Waals surface area contributed by atoms with Crippen LogP contribution in [0.25, 0.3) is 11.2 Å². The van der Waals surface area contributed by atoms with Gasteiger partial charge in [0.15, 0.2) is 16.9 Å². The Morgan fingerprint density at radius 1 is 1.05 bits per heavy atom. The minimum absolute atomic E-state index is 0.0511. The average Bonchev–Trinajstić information content (AvgIpc) is 3.25. The molecule has 0 amide bonds. The van der Waals surface area contributed by atoms with Crippen molar-refractivity contribution in [3.8, 4) is 23.3 Å². The molecule has 2 aliphatic heterocycles. The van der Waals surface area contributed by atoms with Crippen molar-refractivity contribution in [2.45, 2.75) is 32.9 Å². The van der Waals surface area contributed by atoms with E-state index in [-0.39, 0.29) is 13.1 Å². The van der Waals surface area contributed by atoms with Crippen molar-refractivity contribution in [1.82, 2.24) is 18.7 Å². The van der Waals surface area contributed by atoms with Gasteiger partial charge in [-0.15, -0.1) is 5.92 Å². The highest BCUT2D eigenvalue weighted by Gasteiger charge is 2.26.